The van der Waals surface area contributed by atoms with Crippen molar-refractivity contribution in [2.75, 3.05) is 25.4 Å². The number of benzene rings is 5. The van der Waals surface area contributed by atoms with Gasteiger partial charge in [0.15, 0.2) is 5.78 Å². The van der Waals surface area contributed by atoms with Crippen LogP contribution in [0, 0.1) is 11.8 Å². The van der Waals surface area contributed by atoms with Crippen LogP contribution in [-0.2, 0) is 38.4 Å². The highest BCUT2D eigenvalue weighted by Gasteiger charge is 2.47. The number of carbonyl (C=O) groups is 7. The lowest BCUT2D eigenvalue weighted by Crippen LogP contribution is -2.67. The Bertz CT molecular complexity index is 2770. The van der Waals surface area contributed by atoms with Crippen LogP contribution in [0.4, 0.5) is 4.79 Å². The van der Waals surface area contributed by atoms with Gasteiger partial charge in [-0.25, -0.2) is 4.79 Å². The number of hydrogen-bond acceptors (Lipinski definition) is 9. The zero-order chi connectivity index (χ0) is 56.0. The summed E-state index contributed by atoms with van der Waals surface area (Å²) in [5, 5.41) is 33.7. The minimum Gasteiger partial charge on any atom is -0.390 e. The highest BCUT2D eigenvalue weighted by molar-refractivity contribution is 8.00. The molecule has 79 heavy (non-hydrogen) atoms. The van der Waals surface area contributed by atoms with E-state index in [1.807, 2.05) is 123 Å². The number of hydrogen-bond donors (Lipinski definition) is 8. The van der Waals surface area contributed by atoms with Gasteiger partial charge in [-0.05, 0) is 86.1 Å². The summed E-state index contributed by atoms with van der Waals surface area (Å²) in [6, 6.07) is 42.6. The highest BCUT2D eigenvalue weighted by atomic mass is 32.2. The predicted octanol–water partition coefficient (Wildman–Crippen LogP) is 7.26. The van der Waals surface area contributed by atoms with Gasteiger partial charge in [-0.2, -0.15) is 11.8 Å². The van der Waals surface area contributed by atoms with Crippen LogP contribution in [0.1, 0.15) is 115 Å². The molecule has 5 aromatic rings. The molecule has 8 N–H and O–H groups in total. The third-order valence-corrected chi connectivity index (χ3v) is 16.5. The first kappa shape index (κ1) is 59.4. The van der Waals surface area contributed by atoms with Gasteiger partial charge in [-0.1, -0.05) is 154 Å². The summed E-state index contributed by atoms with van der Waals surface area (Å²) in [7, 11) is 0. The molecule has 0 radical (unpaired) electrons. The smallest absolute Gasteiger partial charge is 0.315 e. The van der Waals surface area contributed by atoms with Crippen LogP contribution >= 0.6 is 11.8 Å². The Labute approximate surface area is 469 Å². The number of aliphatic hydroxyl groups is 1. The first-order valence-electron chi connectivity index (χ1n) is 27.9. The second kappa shape index (κ2) is 30.2. The zero-order valence-corrected chi connectivity index (χ0v) is 46.2. The number of aliphatic hydroxyl groups excluding tert-OH is 1. The highest BCUT2D eigenvalue weighted by Crippen LogP contribution is 2.33. The molecule has 2 aliphatic heterocycles. The lowest BCUT2D eigenvalue weighted by molar-refractivity contribution is -0.134. The van der Waals surface area contributed by atoms with Crippen LogP contribution in [0.3, 0.4) is 0 Å². The first-order chi connectivity index (χ1) is 38.3. The van der Waals surface area contributed by atoms with Crippen LogP contribution in [-0.4, -0.2) is 107 Å². The van der Waals surface area contributed by atoms with Crippen LogP contribution in [0.25, 0.3) is 0 Å². The molecule has 7 rings (SSSR count). The maximum Gasteiger partial charge on any atom is 0.315 e. The lowest BCUT2D eigenvalue weighted by Gasteiger charge is -2.38. The normalized spacial score (nSPS) is 17.4. The van der Waals surface area contributed by atoms with Crippen LogP contribution < -0.4 is 37.2 Å². The summed E-state index contributed by atoms with van der Waals surface area (Å²) < 4.78 is 0. The molecule has 0 spiro atoms. The number of unbranched alkanes of at least 4 members (excludes halogenated alkanes) is 3. The summed E-state index contributed by atoms with van der Waals surface area (Å²) >= 11 is 1.88. The van der Waals surface area contributed by atoms with Crippen molar-refractivity contribution >= 4 is 53.1 Å². The predicted molar refractivity (Wildman–Crippen MR) is 309 cm³/mol. The van der Waals surface area contributed by atoms with E-state index < -0.39 is 41.3 Å². The molecule has 0 aliphatic carbocycles. The number of aryl methyl sites for hydroxylation is 1. The van der Waals surface area contributed by atoms with Crippen molar-refractivity contribution < 1.29 is 38.7 Å². The van der Waals surface area contributed by atoms with Crippen LogP contribution in [0.5, 0.6) is 0 Å². The molecule has 7 amide bonds. The number of amides is 7. The third kappa shape index (κ3) is 17.6. The molecule has 16 heteroatoms. The largest absolute Gasteiger partial charge is 0.390 e. The van der Waals surface area contributed by atoms with E-state index in [9.17, 15) is 33.9 Å². The fourth-order valence-corrected chi connectivity index (χ4v) is 11.9. The summed E-state index contributed by atoms with van der Waals surface area (Å²) in [6.07, 6.45) is 5.29. The summed E-state index contributed by atoms with van der Waals surface area (Å²) in [4.78, 5) is 95.5. The number of fused-ring (bicyclic) bond motifs is 1. The number of nitrogens with one attached hydrogen (secondary N) is 7. The fraction of sp³-hybridized carbons (Fsp3) is 0.413. The minimum absolute atomic E-state index is 0.0160. The van der Waals surface area contributed by atoms with Crippen LogP contribution in [0.15, 0.2) is 146 Å². The molecule has 2 heterocycles. The molecule has 7 atom stereocenters. The average Bonchev–Trinajstić information content (AvgIpc) is 4.06. The number of urea groups is 1. The third-order valence-electron chi connectivity index (χ3n) is 15.0. The molecule has 0 unspecified atom stereocenters. The molecule has 0 aromatic heterocycles. The topological polar surface area (TPSA) is 224 Å². The zero-order valence-electron chi connectivity index (χ0n) is 45.4. The maximum absolute atomic E-state index is 15.1. The van der Waals surface area contributed by atoms with Crippen molar-refractivity contribution in [1.82, 2.24) is 37.2 Å². The van der Waals surface area contributed by atoms with Crippen molar-refractivity contribution in [2.45, 2.75) is 126 Å². The molecule has 0 saturated carbocycles. The maximum atomic E-state index is 15.1. The average molecular weight is 1090 g/mol. The van der Waals surface area contributed by atoms with Gasteiger partial charge in [0.2, 0.25) is 23.6 Å². The molecule has 2 saturated heterocycles. The molecular weight excluding hydrogens is 1010 g/mol. The van der Waals surface area contributed by atoms with Gasteiger partial charge in [0.25, 0.3) is 5.91 Å². The molecular formula is C63H77N7O8S. The fourth-order valence-electron chi connectivity index (χ4n) is 10.3. The molecule has 5 aromatic carbocycles. The van der Waals surface area contributed by atoms with E-state index in [1.54, 1.807) is 36.4 Å². The van der Waals surface area contributed by atoms with Crippen molar-refractivity contribution in [3.63, 3.8) is 0 Å². The van der Waals surface area contributed by atoms with Crippen molar-refractivity contribution in [3.8, 4) is 0 Å². The van der Waals surface area contributed by atoms with E-state index in [2.05, 4.69) is 37.2 Å². The molecule has 2 aliphatic rings. The van der Waals surface area contributed by atoms with E-state index in [1.165, 1.54) is 12.1 Å². The van der Waals surface area contributed by atoms with E-state index >= 15 is 4.79 Å². The Morgan fingerprint density at radius 2 is 1.24 bits per heavy atom. The summed E-state index contributed by atoms with van der Waals surface area (Å²) in [5.74, 6) is -2.54. The van der Waals surface area contributed by atoms with E-state index in [-0.39, 0.29) is 73.0 Å². The Hall–Kier alpha value is -7.30. The molecule has 0 bridgehead atoms. The van der Waals surface area contributed by atoms with E-state index in [0.717, 1.165) is 49.0 Å². The Morgan fingerprint density at radius 1 is 0.646 bits per heavy atom. The van der Waals surface area contributed by atoms with Crippen molar-refractivity contribution in [2.24, 2.45) is 11.8 Å². The number of carbonyl (C=O) groups excluding carboxylic acids is 7. The van der Waals surface area contributed by atoms with Gasteiger partial charge in [-0.3, -0.25) is 28.8 Å². The van der Waals surface area contributed by atoms with Gasteiger partial charge in [-0.15, -0.1) is 0 Å². The monoisotopic (exact) mass is 1090 g/mol. The first-order valence-corrected chi connectivity index (χ1v) is 29.0. The second-order valence-electron chi connectivity index (χ2n) is 21.1. The second-order valence-corrected chi connectivity index (χ2v) is 22.4. The van der Waals surface area contributed by atoms with Crippen LogP contribution in [0.2, 0.25) is 0 Å². The number of thioether (sulfide) groups is 1. The molecule has 418 valence electrons. The summed E-state index contributed by atoms with van der Waals surface area (Å²) in [5.41, 5.74) is 1.71. The van der Waals surface area contributed by atoms with Gasteiger partial charge >= 0.3 is 6.03 Å². The van der Waals surface area contributed by atoms with Gasteiger partial charge in [0.05, 0.1) is 24.1 Å². The lowest BCUT2D eigenvalue weighted by atomic mass is 9.81. The summed E-state index contributed by atoms with van der Waals surface area (Å²) in [6.45, 7) is 4.45. The number of ketones is 1. The van der Waals surface area contributed by atoms with E-state index in [0.29, 0.717) is 60.7 Å². The molecule has 15 nitrogen and oxygen atoms in total. The SMILES string of the molecule is CC(C)[C@@H](CNC(=O)[C@@](Cc1ccccc1)(NC(=O)c1ccc(C(=O)c2ccccc2)cc1)[C@H](O)CCCc1ccccc1)C(=O)N[C@@H](Cc1ccccc1)C(=O)NCCCCCNC(=O)CCCC[C@@H]1SC[C@@H]2NC(=O)N[C@@H]21. The van der Waals surface area contributed by atoms with Crippen molar-refractivity contribution in [1.29, 1.82) is 0 Å². The van der Waals surface area contributed by atoms with Gasteiger partial charge in [0, 0.05) is 66.6 Å². The Morgan fingerprint density at radius 3 is 1.90 bits per heavy atom. The quantitative estimate of drug-likeness (QED) is 0.0127. The standard InChI is InChI=1S/C63H77N7O8S/c1-43(2)50(59(75)67-51(39-45-23-10-4-11-24-45)60(76)65-38-19-7-18-37-64-55(72)32-17-16-30-53-56-52(42-79-53)68-62(78)69-56)41-66-61(77)63(40-46-25-12-5-13-26-46,54(71)31-20-27-44-21-8-3-9-22-44)70-58(74)49-35-33-48(34-36-49)57(73)47-28-14-6-15-29-47/h3-6,8-15,21-26,28-29,33-36,43,50-54,56,71H,7,16-20,27,30-32,37-42H2,1-2H3,(H,64,72)(H,65,76)(H,66,77)(H,67,75)(H,70,74)(H2,68,69,78)/t50-,51+,52+,53+,54-,56+,63+/m1/s1. The van der Waals surface area contributed by atoms with Gasteiger partial charge < -0.3 is 42.3 Å². The number of rotatable bonds is 31. The molecule has 2 fully saturated rings. The Kier molecular flexibility index (Phi) is 22.7. The van der Waals surface area contributed by atoms with Gasteiger partial charge in [0.1, 0.15) is 11.6 Å². The minimum atomic E-state index is -1.93. The van der Waals surface area contributed by atoms with E-state index in [4.69, 9.17) is 0 Å². The van der Waals surface area contributed by atoms with Crippen molar-refractivity contribution in [3.05, 3.63) is 179 Å². The Balaban J connectivity index is 0.974.